The van der Waals surface area contributed by atoms with Crippen LogP contribution in [0.15, 0.2) is 48.5 Å². The highest BCUT2D eigenvalue weighted by Gasteiger charge is 2.23. The zero-order valence-corrected chi connectivity index (χ0v) is 12.5. The Morgan fingerprint density at radius 1 is 1.00 bits per heavy atom. The third-order valence-corrected chi connectivity index (χ3v) is 4.47. The maximum absolute atomic E-state index is 11.8. The predicted molar refractivity (Wildman–Crippen MR) is 85.7 cm³/mol. The molecule has 0 atom stereocenters. The molecule has 0 heterocycles. The zero-order valence-electron chi connectivity index (χ0n) is 11.6. The van der Waals surface area contributed by atoms with Crippen molar-refractivity contribution in [3.63, 3.8) is 0 Å². The minimum absolute atomic E-state index is 0.0542. The fraction of sp³-hybridized carbons (Fsp3) is 0.125. The summed E-state index contributed by atoms with van der Waals surface area (Å²) < 4.78 is 17.4. The summed E-state index contributed by atoms with van der Waals surface area (Å²) >= 11 is 0. The number of aliphatic hydroxyl groups is 1. The van der Waals surface area contributed by atoms with Crippen molar-refractivity contribution >= 4 is 34.4 Å². The molecule has 0 radical (unpaired) electrons. The van der Waals surface area contributed by atoms with Crippen molar-refractivity contribution in [2.24, 2.45) is 0 Å². The van der Waals surface area contributed by atoms with Crippen LogP contribution in [0.2, 0.25) is 0 Å². The monoisotopic (exact) mass is 318 g/mol. The highest BCUT2D eigenvalue weighted by Crippen LogP contribution is 2.42. The van der Waals surface area contributed by atoms with Crippen molar-refractivity contribution in [1.82, 2.24) is 0 Å². The highest BCUT2D eigenvalue weighted by atomic mass is 31.2. The van der Waals surface area contributed by atoms with Gasteiger partial charge in [-0.2, -0.15) is 0 Å². The van der Waals surface area contributed by atoms with E-state index < -0.39 is 7.60 Å². The van der Waals surface area contributed by atoms with Gasteiger partial charge in [0.2, 0.25) is 0 Å². The second-order valence-electron chi connectivity index (χ2n) is 4.92. The first-order valence-corrected chi connectivity index (χ1v) is 8.38. The van der Waals surface area contributed by atoms with Gasteiger partial charge < -0.3 is 19.6 Å². The molecule has 114 valence electrons. The molecule has 3 aromatic carbocycles. The Hall–Kier alpha value is -1.91. The van der Waals surface area contributed by atoms with Crippen molar-refractivity contribution in [3.8, 4) is 5.75 Å². The number of fused-ring (bicyclic) bond motifs is 2. The Balaban J connectivity index is 2.46. The number of hydrogen-bond donors (Lipinski definition) is 3. The van der Waals surface area contributed by atoms with Crippen LogP contribution in [0, 0.1) is 0 Å². The molecule has 0 amide bonds. The van der Waals surface area contributed by atoms with Crippen LogP contribution in [0.25, 0.3) is 21.5 Å². The number of aliphatic hydroxyl groups excluding tert-OH is 1. The quantitative estimate of drug-likeness (QED) is 0.507. The van der Waals surface area contributed by atoms with Gasteiger partial charge in [-0.05, 0) is 22.9 Å². The van der Waals surface area contributed by atoms with Gasteiger partial charge >= 0.3 is 7.60 Å². The maximum atomic E-state index is 11.8. The van der Waals surface area contributed by atoms with Gasteiger partial charge in [-0.1, -0.05) is 36.4 Å². The first-order chi connectivity index (χ1) is 10.5. The Bertz CT molecular complexity index is 884. The molecule has 3 rings (SSSR count). The van der Waals surface area contributed by atoms with Gasteiger partial charge in [0.25, 0.3) is 0 Å². The molecule has 0 aromatic heterocycles. The van der Waals surface area contributed by atoms with Gasteiger partial charge in [-0.15, -0.1) is 0 Å². The fourth-order valence-electron chi connectivity index (χ4n) is 2.60. The van der Waals surface area contributed by atoms with Crippen LogP contribution in [0.3, 0.4) is 0 Å². The summed E-state index contributed by atoms with van der Waals surface area (Å²) in [6.07, 6.45) is 0. The molecular weight excluding hydrogens is 303 g/mol. The Labute approximate surface area is 126 Å². The van der Waals surface area contributed by atoms with E-state index in [0.717, 1.165) is 10.8 Å². The Morgan fingerprint density at radius 3 is 2.45 bits per heavy atom. The summed E-state index contributed by atoms with van der Waals surface area (Å²) in [6, 6.07) is 14.1. The number of ether oxygens (including phenoxy) is 1. The van der Waals surface area contributed by atoms with Gasteiger partial charge in [0, 0.05) is 10.8 Å². The summed E-state index contributed by atoms with van der Waals surface area (Å²) in [5.74, 6) is 0.390. The first kappa shape index (κ1) is 15.0. The second-order valence-corrected chi connectivity index (χ2v) is 6.49. The van der Waals surface area contributed by atoms with E-state index in [9.17, 15) is 14.4 Å². The smallest absolute Gasteiger partial charge is 0.356 e. The predicted octanol–water partition coefficient (Wildman–Crippen LogP) is 2.17. The molecule has 6 heteroatoms. The number of rotatable bonds is 4. The molecule has 0 fully saturated rings. The number of hydrogen-bond acceptors (Lipinski definition) is 3. The third kappa shape index (κ3) is 2.60. The number of benzene rings is 3. The molecule has 0 bridgehead atoms. The van der Waals surface area contributed by atoms with Crippen LogP contribution in [0.1, 0.15) is 0 Å². The minimum atomic E-state index is -4.44. The van der Waals surface area contributed by atoms with E-state index >= 15 is 0 Å². The van der Waals surface area contributed by atoms with E-state index in [1.165, 1.54) is 6.07 Å². The molecule has 0 unspecified atom stereocenters. The van der Waals surface area contributed by atoms with Gasteiger partial charge in [-0.25, -0.2) is 0 Å². The third-order valence-electron chi connectivity index (χ3n) is 3.47. The molecule has 0 saturated carbocycles. The molecule has 0 spiro atoms. The average Bonchev–Trinajstić information content (AvgIpc) is 2.50. The van der Waals surface area contributed by atoms with Crippen molar-refractivity contribution in [2.75, 3.05) is 13.2 Å². The first-order valence-electron chi connectivity index (χ1n) is 6.76. The lowest BCUT2D eigenvalue weighted by molar-refractivity contribution is 0.204. The molecule has 0 aliphatic rings. The lowest BCUT2D eigenvalue weighted by atomic mass is 10.0. The van der Waals surface area contributed by atoms with E-state index in [-0.39, 0.29) is 18.5 Å². The van der Waals surface area contributed by atoms with Gasteiger partial charge in [-0.3, -0.25) is 4.57 Å². The van der Waals surface area contributed by atoms with E-state index in [1.807, 2.05) is 30.3 Å². The molecule has 3 aromatic rings. The largest absolute Gasteiger partial charge is 0.490 e. The molecule has 0 aliphatic carbocycles. The summed E-state index contributed by atoms with van der Waals surface area (Å²) in [4.78, 5) is 19.2. The fourth-order valence-corrected chi connectivity index (χ4v) is 3.40. The molecule has 0 saturated heterocycles. The topological polar surface area (TPSA) is 87.0 Å². The van der Waals surface area contributed by atoms with Crippen molar-refractivity contribution in [1.29, 1.82) is 0 Å². The lowest BCUT2D eigenvalue weighted by Crippen LogP contribution is -2.09. The summed E-state index contributed by atoms with van der Waals surface area (Å²) in [6.45, 7) is -0.124. The molecule has 5 nitrogen and oxygen atoms in total. The summed E-state index contributed by atoms with van der Waals surface area (Å²) in [5, 5.41) is 11.7. The van der Waals surface area contributed by atoms with E-state index in [1.54, 1.807) is 12.1 Å². The van der Waals surface area contributed by atoms with Crippen molar-refractivity contribution in [2.45, 2.75) is 0 Å². The molecular formula is C16H15O5P. The minimum Gasteiger partial charge on any atom is -0.490 e. The van der Waals surface area contributed by atoms with Gasteiger partial charge in [0.05, 0.1) is 11.9 Å². The standard InChI is InChI=1S/C16H15O5P/c17-8-9-21-16-13-6-2-1-4-11(13)10-12-5-3-7-14(15(12)16)22(18,19)20/h1-7,10,17H,8-9H2,(H2,18,19,20). The molecule has 0 aliphatic heterocycles. The molecule has 22 heavy (non-hydrogen) atoms. The van der Waals surface area contributed by atoms with Crippen LogP contribution in [-0.4, -0.2) is 28.1 Å². The summed E-state index contributed by atoms with van der Waals surface area (Å²) in [5.41, 5.74) is 0. The second kappa shape index (κ2) is 5.71. The normalized spacial score (nSPS) is 12.0. The van der Waals surface area contributed by atoms with Crippen LogP contribution in [-0.2, 0) is 4.57 Å². The highest BCUT2D eigenvalue weighted by molar-refractivity contribution is 7.60. The van der Waals surface area contributed by atoms with E-state index in [2.05, 4.69) is 0 Å². The Morgan fingerprint density at radius 2 is 1.73 bits per heavy atom. The van der Waals surface area contributed by atoms with Gasteiger partial charge in [0.1, 0.15) is 12.4 Å². The SMILES string of the molecule is O=P(O)(O)c1cccc2cc3ccccc3c(OCCO)c12. The van der Waals surface area contributed by atoms with Crippen molar-refractivity contribution in [3.05, 3.63) is 48.5 Å². The van der Waals surface area contributed by atoms with Crippen LogP contribution >= 0.6 is 7.60 Å². The van der Waals surface area contributed by atoms with Crippen LogP contribution in [0.4, 0.5) is 0 Å². The zero-order chi connectivity index (χ0) is 15.7. The Kier molecular flexibility index (Phi) is 3.89. The van der Waals surface area contributed by atoms with Gasteiger partial charge in [0.15, 0.2) is 0 Å². The van der Waals surface area contributed by atoms with Crippen LogP contribution in [0.5, 0.6) is 5.75 Å². The van der Waals surface area contributed by atoms with Crippen LogP contribution < -0.4 is 10.0 Å². The maximum Gasteiger partial charge on any atom is 0.356 e. The van der Waals surface area contributed by atoms with Crippen molar-refractivity contribution < 1.29 is 24.2 Å². The average molecular weight is 318 g/mol. The molecule has 3 N–H and O–H groups in total. The lowest BCUT2D eigenvalue weighted by Gasteiger charge is -2.16. The van der Waals surface area contributed by atoms with E-state index in [4.69, 9.17) is 9.84 Å². The van der Waals surface area contributed by atoms with E-state index in [0.29, 0.717) is 16.5 Å². The summed E-state index contributed by atoms with van der Waals surface area (Å²) in [7, 11) is -4.44.